The molecule has 4 heterocycles. The van der Waals surface area contributed by atoms with Crippen molar-refractivity contribution < 1.29 is 0 Å². The summed E-state index contributed by atoms with van der Waals surface area (Å²) < 4.78 is 0. The van der Waals surface area contributed by atoms with Gasteiger partial charge < -0.3 is 10.2 Å². The van der Waals surface area contributed by atoms with E-state index in [4.69, 9.17) is 0 Å². The monoisotopic (exact) mass is 204 g/mol. The molecule has 0 aromatic carbocycles. The van der Waals surface area contributed by atoms with E-state index < -0.39 is 0 Å². The molecule has 4 heteroatoms. The molecule has 0 spiro atoms. The molecule has 0 radical (unpaired) electrons. The molecular weight excluding hydrogens is 188 g/mol. The Balaban J connectivity index is 1.69. The lowest BCUT2D eigenvalue weighted by Crippen LogP contribution is -2.53. The van der Waals surface area contributed by atoms with Gasteiger partial charge in [-0.2, -0.15) is 5.10 Å². The number of hydrogen-bond donors (Lipinski definition) is 1. The van der Waals surface area contributed by atoms with Crippen LogP contribution in [0, 0.1) is 5.92 Å². The summed E-state index contributed by atoms with van der Waals surface area (Å²) in [5.74, 6) is 1.74. The Morgan fingerprint density at radius 1 is 1.33 bits per heavy atom. The lowest BCUT2D eigenvalue weighted by molar-refractivity contribution is 0.0973. The number of fused-ring (bicyclic) bond motifs is 3. The van der Waals surface area contributed by atoms with Gasteiger partial charge in [-0.15, -0.1) is 5.10 Å². The summed E-state index contributed by atoms with van der Waals surface area (Å²) in [5.41, 5.74) is 0. The van der Waals surface area contributed by atoms with E-state index in [0.29, 0.717) is 6.04 Å². The standard InChI is InChI=1S/C11H16N4/c1-2-11(14-12-5-1)13-10-8-15-6-3-9(10)4-7-15/h1-2,5,9-10H,3-4,6-8H2,(H,13,14). The van der Waals surface area contributed by atoms with Gasteiger partial charge in [-0.05, 0) is 44.0 Å². The molecule has 1 atom stereocenters. The van der Waals surface area contributed by atoms with Crippen LogP contribution >= 0.6 is 0 Å². The largest absolute Gasteiger partial charge is 0.364 e. The van der Waals surface area contributed by atoms with Crippen molar-refractivity contribution in [2.24, 2.45) is 5.92 Å². The lowest BCUT2D eigenvalue weighted by atomic mass is 9.84. The Bertz CT molecular complexity index is 319. The van der Waals surface area contributed by atoms with E-state index in [1.807, 2.05) is 12.1 Å². The number of nitrogens with zero attached hydrogens (tertiary/aromatic N) is 3. The molecule has 4 nitrogen and oxygen atoms in total. The number of nitrogens with one attached hydrogen (secondary N) is 1. The first-order valence-electron chi connectivity index (χ1n) is 5.68. The fourth-order valence-electron chi connectivity index (χ4n) is 2.70. The van der Waals surface area contributed by atoms with Crippen LogP contribution in [0.5, 0.6) is 0 Å². The lowest BCUT2D eigenvalue weighted by Gasteiger charge is -2.45. The van der Waals surface area contributed by atoms with Crippen LogP contribution in [0.1, 0.15) is 12.8 Å². The topological polar surface area (TPSA) is 41.1 Å². The molecule has 0 amide bonds. The maximum atomic E-state index is 4.08. The van der Waals surface area contributed by atoms with Gasteiger partial charge in [0.2, 0.25) is 0 Å². The van der Waals surface area contributed by atoms with Crippen molar-refractivity contribution in [3.8, 4) is 0 Å². The minimum absolute atomic E-state index is 0.573. The van der Waals surface area contributed by atoms with Gasteiger partial charge in [-0.3, -0.25) is 0 Å². The van der Waals surface area contributed by atoms with Gasteiger partial charge in [-0.1, -0.05) is 0 Å². The highest BCUT2D eigenvalue weighted by Gasteiger charge is 2.33. The predicted octanol–water partition coefficient (Wildman–Crippen LogP) is 0.983. The van der Waals surface area contributed by atoms with E-state index in [9.17, 15) is 0 Å². The van der Waals surface area contributed by atoms with Gasteiger partial charge in [0, 0.05) is 18.8 Å². The number of piperidine rings is 3. The average Bonchev–Trinajstić information content (AvgIpc) is 2.32. The van der Waals surface area contributed by atoms with Gasteiger partial charge in [0.05, 0.1) is 0 Å². The number of anilines is 1. The van der Waals surface area contributed by atoms with Crippen molar-refractivity contribution in [2.75, 3.05) is 25.0 Å². The second kappa shape index (κ2) is 3.77. The van der Waals surface area contributed by atoms with Gasteiger partial charge in [-0.25, -0.2) is 0 Å². The number of rotatable bonds is 2. The summed E-state index contributed by atoms with van der Waals surface area (Å²) in [7, 11) is 0. The van der Waals surface area contributed by atoms with Crippen LogP contribution in [0.25, 0.3) is 0 Å². The molecule has 4 rings (SSSR count). The molecule has 80 valence electrons. The highest BCUT2D eigenvalue weighted by atomic mass is 15.2. The van der Waals surface area contributed by atoms with Crippen molar-refractivity contribution in [1.29, 1.82) is 0 Å². The van der Waals surface area contributed by atoms with E-state index in [1.54, 1.807) is 6.20 Å². The molecule has 3 fully saturated rings. The third kappa shape index (κ3) is 1.81. The zero-order valence-electron chi connectivity index (χ0n) is 8.76. The molecule has 0 aliphatic carbocycles. The highest BCUT2D eigenvalue weighted by Crippen LogP contribution is 2.29. The zero-order valence-corrected chi connectivity index (χ0v) is 8.76. The van der Waals surface area contributed by atoms with Gasteiger partial charge in [0.15, 0.2) is 0 Å². The first-order valence-corrected chi connectivity index (χ1v) is 5.68. The van der Waals surface area contributed by atoms with Crippen LogP contribution in [0.2, 0.25) is 0 Å². The maximum absolute atomic E-state index is 4.08. The van der Waals surface area contributed by atoms with E-state index in [2.05, 4.69) is 20.4 Å². The summed E-state index contributed by atoms with van der Waals surface area (Å²) in [6.07, 6.45) is 4.37. The van der Waals surface area contributed by atoms with Crippen molar-refractivity contribution in [1.82, 2.24) is 15.1 Å². The Morgan fingerprint density at radius 3 is 2.80 bits per heavy atom. The minimum Gasteiger partial charge on any atom is -0.364 e. The minimum atomic E-state index is 0.573. The Hall–Kier alpha value is -1.16. The smallest absolute Gasteiger partial charge is 0.148 e. The Kier molecular flexibility index (Phi) is 2.29. The predicted molar refractivity (Wildman–Crippen MR) is 58.6 cm³/mol. The SMILES string of the molecule is c1cnnc(NC2CN3CCC2CC3)c1. The average molecular weight is 204 g/mol. The zero-order chi connectivity index (χ0) is 10.1. The third-order valence-corrected chi connectivity index (χ3v) is 3.56. The molecule has 1 aromatic heterocycles. The first kappa shape index (κ1) is 9.09. The molecule has 2 bridgehead atoms. The van der Waals surface area contributed by atoms with Crippen LogP contribution in [0.3, 0.4) is 0 Å². The fraction of sp³-hybridized carbons (Fsp3) is 0.636. The molecule has 1 aromatic rings. The van der Waals surface area contributed by atoms with Crippen molar-refractivity contribution in [2.45, 2.75) is 18.9 Å². The van der Waals surface area contributed by atoms with Crippen LogP contribution in [-0.4, -0.2) is 40.8 Å². The van der Waals surface area contributed by atoms with Gasteiger partial charge in [0.1, 0.15) is 5.82 Å². The van der Waals surface area contributed by atoms with Crippen molar-refractivity contribution >= 4 is 5.82 Å². The quantitative estimate of drug-likeness (QED) is 0.779. The molecule has 1 N–H and O–H groups in total. The summed E-state index contributed by atoms with van der Waals surface area (Å²) in [4.78, 5) is 2.54. The molecule has 3 aliphatic rings. The summed E-state index contributed by atoms with van der Waals surface area (Å²) in [6, 6.07) is 4.49. The molecule has 3 saturated heterocycles. The van der Waals surface area contributed by atoms with Crippen molar-refractivity contribution in [3.63, 3.8) is 0 Å². The van der Waals surface area contributed by atoms with Crippen LogP contribution in [0.4, 0.5) is 5.82 Å². The third-order valence-electron chi connectivity index (χ3n) is 3.56. The number of aromatic nitrogens is 2. The van der Waals surface area contributed by atoms with Crippen LogP contribution in [-0.2, 0) is 0 Å². The molecule has 15 heavy (non-hydrogen) atoms. The van der Waals surface area contributed by atoms with E-state index in [0.717, 1.165) is 11.7 Å². The number of hydrogen-bond acceptors (Lipinski definition) is 4. The first-order chi connectivity index (χ1) is 7.42. The van der Waals surface area contributed by atoms with Crippen LogP contribution < -0.4 is 5.32 Å². The molecule has 0 saturated carbocycles. The second-order valence-electron chi connectivity index (χ2n) is 4.50. The fourth-order valence-corrected chi connectivity index (χ4v) is 2.70. The van der Waals surface area contributed by atoms with Crippen molar-refractivity contribution in [3.05, 3.63) is 18.3 Å². The maximum Gasteiger partial charge on any atom is 0.148 e. The Morgan fingerprint density at radius 2 is 2.20 bits per heavy atom. The molecular formula is C11H16N4. The normalized spacial score (nSPS) is 34.0. The summed E-state index contributed by atoms with van der Waals surface area (Å²) in [6.45, 7) is 3.73. The summed E-state index contributed by atoms with van der Waals surface area (Å²) in [5, 5.41) is 11.5. The van der Waals surface area contributed by atoms with Gasteiger partial charge >= 0.3 is 0 Å². The Labute approximate surface area is 89.7 Å². The summed E-state index contributed by atoms with van der Waals surface area (Å²) >= 11 is 0. The van der Waals surface area contributed by atoms with Crippen LogP contribution in [0.15, 0.2) is 18.3 Å². The van der Waals surface area contributed by atoms with Gasteiger partial charge in [0.25, 0.3) is 0 Å². The molecule has 3 aliphatic heterocycles. The van der Waals surface area contributed by atoms with E-state index in [-0.39, 0.29) is 0 Å². The van der Waals surface area contributed by atoms with E-state index in [1.165, 1.54) is 32.5 Å². The highest BCUT2D eigenvalue weighted by molar-refractivity contribution is 5.33. The molecule has 1 unspecified atom stereocenters. The van der Waals surface area contributed by atoms with E-state index >= 15 is 0 Å². The second-order valence-corrected chi connectivity index (χ2v) is 4.50.